The Balaban J connectivity index is 1.88. The summed E-state index contributed by atoms with van der Waals surface area (Å²) in [7, 11) is 1.31. The maximum absolute atomic E-state index is 13.6. The molecule has 9 heteroatoms. The van der Waals surface area contributed by atoms with Crippen molar-refractivity contribution in [1.29, 1.82) is 0 Å². The smallest absolute Gasteiger partial charge is 0.338 e. The van der Waals surface area contributed by atoms with Gasteiger partial charge in [-0.3, -0.25) is 14.2 Å². The van der Waals surface area contributed by atoms with E-state index in [9.17, 15) is 14.4 Å². The fraction of sp³-hybridized carbons (Fsp3) is 0.231. The van der Waals surface area contributed by atoms with Crippen LogP contribution in [0.5, 0.6) is 11.5 Å². The van der Waals surface area contributed by atoms with E-state index < -0.39 is 18.0 Å². The molecule has 0 unspecified atom stereocenters. The van der Waals surface area contributed by atoms with E-state index in [1.54, 1.807) is 31.2 Å². The number of ether oxygens (including phenoxy) is 3. The van der Waals surface area contributed by atoms with E-state index in [1.165, 1.54) is 29.9 Å². The van der Waals surface area contributed by atoms with E-state index >= 15 is 0 Å². The van der Waals surface area contributed by atoms with E-state index in [4.69, 9.17) is 14.2 Å². The number of esters is 2. The predicted octanol–water partition coefficient (Wildman–Crippen LogP) is 2.73. The number of carbonyl (C=O) groups is 2. The highest BCUT2D eigenvalue weighted by molar-refractivity contribution is 7.07. The highest BCUT2D eigenvalue weighted by atomic mass is 32.1. The van der Waals surface area contributed by atoms with Crippen LogP contribution in [0, 0.1) is 0 Å². The largest absolute Gasteiger partial charge is 0.490 e. The van der Waals surface area contributed by atoms with E-state index in [0.29, 0.717) is 44.3 Å². The SMILES string of the molecule is CCOc1cc(/C=c2/sc3n(c2=O)[C@H](c2ccccc2)C(C(=O)OC)=C(C)N=3)ccc1OC(C)=O. The summed E-state index contributed by atoms with van der Waals surface area (Å²) < 4.78 is 17.8. The van der Waals surface area contributed by atoms with Crippen LogP contribution >= 0.6 is 11.3 Å². The van der Waals surface area contributed by atoms with Crippen molar-refractivity contribution in [2.24, 2.45) is 4.99 Å². The summed E-state index contributed by atoms with van der Waals surface area (Å²) in [6.07, 6.45) is 1.73. The van der Waals surface area contributed by atoms with Gasteiger partial charge in [0.1, 0.15) is 0 Å². The molecule has 1 atom stereocenters. The average molecular weight is 493 g/mol. The molecule has 1 aliphatic rings. The standard InChI is InChI=1S/C26H24N2O6S/c1-5-33-20-13-17(11-12-19(20)34-16(3)29)14-21-24(30)28-23(18-9-7-6-8-10-18)22(25(31)32-4)15(2)27-26(28)35-21/h6-14,23H,5H2,1-4H3/b21-14+/t23-/m1/s1. The molecule has 2 heterocycles. The van der Waals surface area contributed by atoms with Gasteiger partial charge in [-0.15, -0.1) is 0 Å². The first kappa shape index (κ1) is 24.2. The first-order valence-electron chi connectivity index (χ1n) is 10.9. The second kappa shape index (κ2) is 10.1. The Kier molecular flexibility index (Phi) is 6.97. The van der Waals surface area contributed by atoms with Gasteiger partial charge in [0.05, 0.1) is 35.6 Å². The van der Waals surface area contributed by atoms with Crippen molar-refractivity contribution in [3.05, 3.63) is 90.6 Å². The van der Waals surface area contributed by atoms with Gasteiger partial charge < -0.3 is 14.2 Å². The molecule has 0 N–H and O–H groups in total. The molecule has 180 valence electrons. The number of methoxy groups -OCH3 is 1. The second-order valence-corrected chi connectivity index (χ2v) is 8.73. The van der Waals surface area contributed by atoms with Crippen molar-refractivity contribution >= 4 is 29.4 Å². The third-order valence-electron chi connectivity index (χ3n) is 5.36. The van der Waals surface area contributed by atoms with Gasteiger partial charge in [-0.25, -0.2) is 9.79 Å². The topological polar surface area (TPSA) is 96.2 Å². The fourth-order valence-electron chi connectivity index (χ4n) is 3.92. The van der Waals surface area contributed by atoms with Crippen LogP contribution in [0.4, 0.5) is 0 Å². The van der Waals surface area contributed by atoms with Gasteiger partial charge in [0.2, 0.25) is 0 Å². The minimum atomic E-state index is -0.660. The molecule has 0 spiro atoms. The van der Waals surface area contributed by atoms with Crippen LogP contribution in [0.2, 0.25) is 0 Å². The highest BCUT2D eigenvalue weighted by Gasteiger charge is 2.32. The number of allylic oxidation sites excluding steroid dienone is 1. The third kappa shape index (κ3) is 4.81. The molecule has 0 radical (unpaired) electrons. The number of carbonyl (C=O) groups excluding carboxylic acids is 2. The third-order valence-corrected chi connectivity index (χ3v) is 6.34. The summed E-state index contributed by atoms with van der Waals surface area (Å²) in [6.45, 7) is 5.26. The van der Waals surface area contributed by atoms with E-state index in [1.807, 2.05) is 37.3 Å². The van der Waals surface area contributed by atoms with Crippen LogP contribution in [0.25, 0.3) is 6.08 Å². The summed E-state index contributed by atoms with van der Waals surface area (Å²) >= 11 is 1.23. The molecular weight excluding hydrogens is 468 g/mol. The van der Waals surface area contributed by atoms with Crippen LogP contribution in [0.1, 0.15) is 37.9 Å². The summed E-state index contributed by atoms with van der Waals surface area (Å²) in [4.78, 5) is 42.7. The number of fused-ring (bicyclic) bond motifs is 1. The van der Waals surface area contributed by atoms with Crippen molar-refractivity contribution in [2.45, 2.75) is 26.8 Å². The minimum Gasteiger partial charge on any atom is -0.490 e. The predicted molar refractivity (Wildman–Crippen MR) is 131 cm³/mol. The first-order valence-corrected chi connectivity index (χ1v) is 11.8. The van der Waals surface area contributed by atoms with Crippen molar-refractivity contribution < 1.29 is 23.8 Å². The van der Waals surface area contributed by atoms with E-state index in [0.717, 1.165) is 5.56 Å². The zero-order chi connectivity index (χ0) is 25.1. The summed E-state index contributed by atoms with van der Waals surface area (Å²) in [5.41, 5.74) is 2.01. The van der Waals surface area contributed by atoms with Crippen LogP contribution in [0.3, 0.4) is 0 Å². The molecule has 4 rings (SSSR count). The maximum atomic E-state index is 13.6. The molecule has 0 fully saturated rings. The highest BCUT2D eigenvalue weighted by Crippen LogP contribution is 2.31. The molecule has 0 saturated heterocycles. The van der Waals surface area contributed by atoms with Crippen LogP contribution < -0.4 is 24.4 Å². The Morgan fingerprint density at radius 3 is 2.54 bits per heavy atom. The van der Waals surface area contributed by atoms with Crippen LogP contribution in [-0.2, 0) is 14.3 Å². The maximum Gasteiger partial charge on any atom is 0.338 e. The molecule has 1 aromatic heterocycles. The minimum absolute atomic E-state index is 0.279. The number of thiazole rings is 1. The van der Waals surface area contributed by atoms with Crippen molar-refractivity contribution in [3.63, 3.8) is 0 Å². The number of aromatic nitrogens is 1. The van der Waals surface area contributed by atoms with E-state index in [2.05, 4.69) is 4.99 Å². The first-order chi connectivity index (χ1) is 16.8. The zero-order valence-corrected chi connectivity index (χ0v) is 20.5. The Bertz CT molecular complexity index is 1500. The number of hydrogen-bond donors (Lipinski definition) is 0. The Morgan fingerprint density at radius 1 is 1.14 bits per heavy atom. The molecule has 0 aliphatic carbocycles. The van der Waals surface area contributed by atoms with Crippen molar-refractivity contribution in [1.82, 2.24) is 4.57 Å². The normalized spacial score (nSPS) is 15.3. The van der Waals surface area contributed by atoms with Crippen LogP contribution in [0.15, 0.2) is 69.6 Å². The Morgan fingerprint density at radius 2 is 1.89 bits per heavy atom. The lowest BCUT2D eigenvalue weighted by Gasteiger charge is -2.24. The molecule has 2 aromatic carbocycles. The number of rotatable bonds is 6. The average Bonchev–Trinajstić information content (AvgIpc) is 3.14. The molecule has 0 saturated carbocycles. The second-order valence-electron chi connectivity index (χ2n) is 7.72. The Hall–Kier alpha value is -3.98. The molecule has 0 bridgehead atoms. The van der Waals surface area contributed by atoms with Gasteiger partial charge in [-0.05, 0) is 43.2 Å². The quantitative estimate of drug-likeness (QED) is 0.388. The number of hydrogen-bond acceptors (Lipinski definition) is 8. The molecule has 3 aromatic rings. The molecular formula is C26H24N2O6S. The fourth-order valence-corrected chi connectivity index (χ4v) is 4.96. The molecule has 35 heavy (non-hydrogen) atoms. The van der Waals surface area contributed by atoms with Gasteiger partial charge in [-0.2, -0.15) is 0 Å². The molecule has 1 aliphatic heterocycles. The van der Waals surface area contributed by atoms with Crippen molar-refractivity contribution in [3.8, 4) is 11.5 Å². The zero-order valence-electron chi connectivity index (χ0n) is 19.7. The van der Waals surface area contributed by atoms with Gasteiger partial charge in [0.25, 0.3) is 5.56 Å². The lowest BCUT2D eigenvalue weighted by molar-refractivity contribution is -0.136. The van der Waals surface area contributed by atoms with Gasteiger partial charge in [0, 0.05) is 6.92 Å². The molecule has 8 nitrogen and oxygen atoms in total. The van der Waals surface area contributed by atoms with Gasteiger partial charge >= 0.3 is 11.9 Å². The lowest BCUT2D eigenvalue weighted by atomic mass is 9.96. The van der Waals surface area contributed by atoms with E-state index in [-0.39, 0.29) is 5.56 Å². The number of benzene rings is 2. The van der Waals surface area contributed by atoms with Gasteiger partial charge in [-0.1, -0.05) is 47.7 Å². The lowest BCUT2D eigenvalue weighted by Crippen LogP contribution is -2.39. The van der Waals surface area contributed by atoms with Crippen LogP contribution in [-0.4, -0.2) is 30.2 Å². The van der Waals surface area contributed by atoms with Gasteiger partial charge in [0.15, 0.2) is 16.3 Å². The van der Waals surface area contributed by atoms with Crippen molar-refractivity contribution in [2.75, 3.05) is 13.7 Å². The number of nitrogens with zero attached hydrogens (tertiary/aromatic N) is 2. The molecule has 0 amide bonds. The Labute approximate surface area is 205 Å². The summed E-state index contributed by atoms with van der Waals surface area (Å²) in [6, 6.07) is 13.7. The summed E-state index contributed by atoms with van der Waals surface area (Å²) in [5.74, 6) is -0.280. The monoisotopic (exact) mass is 492 g/mol. The summed E-state index contributed by atoms with van der Waals surface area (Å²) in [5, 5.41) is 0.